The molecule has 0 radical (unpaired) electrons. The highest BCUT2D eigenvalue weighted by Gasteiger charge is 2.22. The second-order valence-electron chi connectivity index (χ2n) is 7.66. The molecule has 4 nitrogen and oxygen atoms in total. The largest absolute Gasteiger partial charge is 0.384 e. The third-order valence-electron chi connectivity index (χ3n) is 5.81. The Morgan fingerprint density at radius 1 is 1.16 bits per heavy atom. The fourth-order valence-corrected chi connectivity index (χ4v) is 3.89. The number of carbonyl (C=O) groups excluding carboxylic acids is 1. The van der Waals surface area contributed by atoms with Gasteiger partial charge in [0.2, 0.25) is 0 Å². The first-order chi connectivity index (χ1) is 12.0. The summed E-state index contributed by atoms with van der Waals surface area (Å²) in [7, 11) is 2.10. The fourth-order valence-electron chi connectivity index (χ4n) is 3.89. The molecule has 2 atom stereocenters. The van der Waals surface area contributed by atoms with E-state index in [0.717, 1.165) is 49.9 Å². The van der Waals surface area contributed by atoms with Crippen LogP contribution in [-0.4, -0.2) is 55.5 Å². The molecule has 0 spiro atoms. The van der Waals surface area contributed by atoms with Crippen LogP contribution in [0, 0.1) is 11.8 Å². The molecule has 3 rings (SSSR count). The van der Waals surface area contributed by atoms with Crippen LogP contribution in [0.1, 0.15) is 37.0 Å². The smallest absolute Gasteiger partial charge is 0.253 e. The molecule has 1 fully saturated rings. The van der Waals surface area contributed by atoms with Crippen molar-refractivity contribution < 1.29 is 4.79 Å². The molecule has 1 saturated heterocycles. The molecule has 0 aromatic heterocycles. The quantitative estimate of drug-likeness (QED) is 0.852. The summed E-state index contributed by atoms with van der Waals surface area (Å²) in [5, 5.41) is 3.55. The first kappa shape index (κ1) is 18.0. The minimum absolute atomic E-state index is 0.152. The Hall–Kier alpha value is -1.81. The molecule has 1 N–H and O–H groups in total. The van der Waals surface area contributed by atoms with Gasteiger partial charge in [-0.1, -0.05) is 18.6 Å². The standard InChI is InChI=1S/C21H31N3O/c1-16-5-4-6-17(2)20(16)15-22-19-9-7-18(8-10-19)21(25)24-13-11-23(3)12-14-24/h5,7-10,17,20,22H,4,6,11-15H2,1-3H3. The molecular weight excluding hydrogens is 310 g/mol. The second-order valence-corrected chi connectivity index (χ2v) is 7.66. The molecule has 136 valence electrons. The molecule has 4 heteroatoms. The monoisotopic (exact) mass is 341 g/mol. The molecular formula is C21H31N3O. The highest BCUT2D eigenvalue weighted by Crippen LogP contribution is 2.30. The van der Waals surface area contributed by atoms with Crippen LogP contribution in [-0.2, 0) is 0 Å². The zero-order valence-electron chi connectivity index (χ0n) is 15.8. The maximum atomic E-state index is 12.6. The number of rotatable bonds is 4. The summed E-state index contributed by atoms with van der Waals surface area (Å²) in [6, 6.07) is 7.98. The SMILES string of the molecule is CC1=CCCC(C)C1CNc1ccc(C(=O)N2CCN(C)CC2)cc1. The minimum Gasteiger partial charge on any atom is -0.384 e. The predicted octanol–water partition coefficient (Wildman–Crippen LogP) is 3.48. The number of carbonyl (C=O) groups is 1. The predicted molar refractivity (Wildman–Crippen MR) is 104 cm³/mol. The van der Waals surface area contributed by atoms with E-state index in [1.165, 1.54) is 18.4 Å². The molecule has 1 aliphatic carbocycles. The molecule has 0 bridgehead atoms. The Labute approximate surface area is 151 Å². The number of hydrogen-bond acceptors (Lipinski definition) is 3. The number of nitrogens with zero attached hydrogens (tertiary/aromatic N) is 2. The van der Waals surface area contributed by atoms with Crippen molar-refractivity contribution in [1.82, 2.24) is 9.80 Å². The van der Waals surface area contributed by atoms with Gasteiger partial charge in [-0.25, -0.2) is 0 Å². The Morgan fingerprint density at radius 2 is 1.84 bits per heavy atom. The van der Waals surface area contributed by atoms with Crippen molar-refractivity contribution in [2.45, 2.75) is 26.7 Å². The lowest BCUT2D eigenvalue weighted by atomic mass is 9.80. The van der Waals surface area contributed by atoms with Crippen LogP contribution in [0.3, 0.4) is 0 Å². The van der Waals surface area contributed by atoms with Crippen molar-refractivity contribution in [3.8, 4) is 0 Å². The second kappa shape index (κ2) is 8.05. The van der Waals surface area contributed by atoms with Gasteiger partial charge in [0.25, 0.3) is 5.91 Å². The van der Waals surface area contributed by atoms with Crippen LogP contribution < -0.4 is 5.32 Å². The van der Waals surface area contributed by atoms with Gasteiger partial charge in [0.05, 0.1) is 0 Å². The average Bonchev–Trinajstić information content (AvgIpc) is 2.62. The molecule has 1 heterocycles. The molecule has 2 unspecified atom stereocenters. The van der Waals surface area contributed by atoms with Crippen LogP contribution in [0.5, 0.6) is 0 Å². The van der Waals surface area contributed by atoms with E-state index >= 15 is 0 Å². The van der Waals surface area contributed by atoms with Gasteiger partial charge in [0.15, 0.2) is 0 Å². The van der Waals surface area contributed by atoms with E-state index < -0.39 is 0 Å². The van der Waals surface area contributed by atoms with Gasteiger partial charge < -0.3 is 15.1 Å². The Kier molecular flexibility index (Phi) is 5.79. The van der Waals surface area contributed by atoms with E-state index in [-0.39, 0.29) is 5.91 Å². The van der Waals surface area contributed by atoms with Gasteiger partial charge in [0, 0.05) is 44.0 Å². The first-order valence-electron chi connectivity index (χ1n) is 9.53. The number of anilines is 1. The third-order valence-corrected chi connectivity index (χ3v) is 5.81. The molecule has 0 saturated carbocycles. The molecule has 1 aliphatic heterocycles. The van der Waals surface area contributed by atoms with Gasteiger partial charge in [-0.2, -0.15) is 0 Å². The van der Waals surface area contributed by atoms with Crippen LogP contribution in [0.2, 0.25) is 0 Å². The number of benzene rings is 1. The zero-order chi connectivity index (χ0) is 17.8. The summed E-state index contributed by atoms with van der Waals surface area (Å²) in [6.07, 6.45) is 4.87. The van der Waals surface area contributed by atoms with Gasteiger partial charge >= 0.3 is 0 Å². The molecule has 1 amide bonds. The van der Waals surface area contributed by atoms with Gasteiger partial charge in [-0.3, -0.25) is 4.79 Å². The van der Waals surface area contributed by atoms with E-state index in [1.54, 1.807) is 0 Å². The summed E-state index contributed by atoms with van der Waals surface area (Å²) in [5.74, 6) is 1.50. The van der Waals surface area contributed by atoms with Crippen molar-refractivity contribution >= 4 is 11.6 Å². The number of hydrogen-bond donors (Lipinski definition) is 1. The number of allylic oxidation sites excluding steroid dienone is 1. The van der Waals surface area contributed by atoms with Crippen LogP contribution in [0.4, 0.5) is 5.69 Å². The Morgan fingerprint density at radius 3 is 2.48 bits per heavy atom. The summed E-state index contributed by atoms with van der Waals surface area (Å²) in [5.41, 5.74) is 3.39. The van der Waals surface area contributed by atoms with Crippen LogP contribution in [0.15, 0.2) is 35.9 Å². The van der Waals surface area contributed by atoms with Crippen molar-refractivity contribution in [3.05, 3.63) is 41.5 Å². The van der Waals surface area contributed by atoms with Crippen molar-refractivity contribution in [1.29, 1.82) is 0 Å². The lowest BCUT2D eigenvalue weighted by molar-refractivity contribution is 0.0664. The maximum Gasteiger partial charge on any atom is 0.253 e. The number of piperazine rings is 1. The minimum atomic E-state index is 0.152. The molecule has 25 heavy (non-hydrogen) atoms. The van der Waals surface area contributed by atoms with E-state index in [9.17, 15) is 4.79 Å². The van der Waals surface area contributed by atoms with Gasteiger partial charge in [-0.15, -0.1) is 0 Å². The lowest BCUT2D eigenvalue weighted by Crippen LogP contribution is -2.47. The molecule has 2 aliphatic rings. The highest BCUT2D eigenvalue weighted by atomic mass is 16.2. The van der Waals surface area contributed by atoms with Crippen molar-refractivity contribution in [3.63, 3.8) is 0 Å². The number of amides is 1. The van der Waals surface area contributed by atoms with E-state index in [0.29, 0.717) is 5.92 Å². The summed E-state index contributed by atoms with van der Waals surface area (Å²) >= 11 is 0. The van der Waals surface area contributed by atoms with Gasteiger partial charge in [-0.05, 0) is 62.9 Å². The number of likely N-dealkylation sites (N-methyl/N-ethyl adjacent to an activating group) is 1. The van der Waals surface area contributed by atoms with E-state index in [2.05, 4.69) is 37.2 Å². The molecule has 1 aromatic carbocycles. The summed E-state index contributed by atoms with van der Waals surface area (Å²) < 4.78 is 0. The fraction of sp³-hybridized carbons (Fsp3) is 0.571. The van der Waals surface area contributed by atoms with Gasteiger partial charge in [0.1, 0.15) is 0 Å². The Balaban J connectivity index is 1.56. The third kappa shape index (κ3) is 4.43. The van der Waals surface area contributed by atoms with Crippen molar-refractivity contribution in [2.75, 3.05) is 45.1 Å². The summed E-state index contributed by atoms with van der Waals surface area (Å²) in [4.78, 5) is 16.8. The normalized spacial score (nSPS) is 24.8. The van der Waals surface area contributed by atoms with Crippen LogP contribution in [0.25, 0.3) is 0 Å². The van der Waals surface area contributed by atoms with Crippen LogP contribution >= 0.6 is 0 Å². The highest BCUT2D eigenvalue weighted by molar-refractivity contribution is 5.94. The topological polar surface area (TPSA) is 35.6 Å². The maximum absolute atomic E-state index is 12.6. The Bertz CT molecular complexity index is 615. The first-order valence-corrected chi connectivity index (χ1v) is 9.53. The average molecular weight is 341 g/mol. The number of nitrogens with one attached hydrogen (secondary N) is 1. The zero-order valence-corrected chi connectivity index (χ0v) is 15.8. The van der Waals surface area contributed by atoms with Crippen molar-refractivity contribution in [2.24, 2.45) is 11.8 Å². The lowest BCUT2D eigenvalue weighted by Gasteiger charge is -2.32. The van der Waals surface area contributed by atoms with E-state index in [1.807, 2.05) is 29.2 Å². The molecule has 1 aromatic rings. The summed E-state index contributed by atoms with van der Waals surface area (Å²) in [6.45, 7) is 9.12. The van der Waals surface area contributed by atoms with E-state index in [4.69, 9.17) is 0 Å².